The van der Waals surface area contributed by atoms with Gasteiger partial charge in [0.25, 0.3) is 11.6 Å². The number of pyridine rings is 1. The number of anilines is 1. The Labute approximate surface area is 107 Å². The van der Waals surface area contributed by atoms with Crippen molar-refractivity contribution in [3.8, 4) is 0 Å². The largest absolute Gasteiger partial charge is 0.316 e. The van der Waals surface area contributed by atoms with Crippen LogP contribution >= 0.6 is 0 Å². The first kappa shape index (κ1) is 12.6. The molecule has 0 bridgehead atoms. The van der Waals surface area contributed by atoms with Gasteiger partial charge >= 0.3 is 0 Å². The van der Waals surface area contributed by atoms with Crippen LogP contribution in [-0.4, -0.2) is 15.8 Å². The second kappa shape index (κ2) is 5.21. The number of nitrogens with zero attached hydrogens (tertiary/aromatic N) is 2. The molecule has 0 spiro atoms. The lowest BCUT2D eigenvalue weighted by Crippen LogP contribution is -2.14. The molecular weight excluding hydrogens is 253 g/mol. The predicted molar refractivity (Wildman–Crippen MR) is 65.2 cm³/mol. The lowest BCUT2D eigenvalue weighted by Gasteiger charge is -2.06. The van der Waals surface area contributed by atoms with Crippen LogP contribution in [-0.2, 0) is 0 Å². The molecule has 1 aromatic heterocycles. The lowest BCUT2D eigenvalue weighted by molar-refractivity contribution is -0.383. The van der Waals surface area contributed by atoms with Gasteiger partial charge < -0.3 is 5.32 Å². The Balaban J connectivity index is 2.30. The van der Waals surface area contributed by atoms with Gasteiger partial charge in [0.2, 0.25) is 0 Å². The zero-order valence-electron chi connectivity index (χ0n) is 9.54. The molecule has 96 valence electrons. The highest BCUT2D eigenvalue weighted by molar-refractivity contribution is 6.05. The van der Waals surface area contributed by atoms with Gasteiger partial charge in [-0.2, -0.15) is 0 Å². The number of aromatic nitrogens is 1. The Morgan fingerprint density at radius 2 is 2.05 bits per heavy atom. The molecule has 1 amide bonds. The third-order valence-electron chi connectivity index (χ3n) is 2.37. The molecule has 0 saturated heterocycles. The number of benzene rings is 1. The van der Waals surface area contributed by atoms with Crippen LogP contribution in [0, 0.1) is 15.9 Å². The standard InChI is InChI=1S/C12H8FN3O3/c13-9-7-14-6-5-8(9)12(17)15-10-3-1-2-4-11(10)16(18)19/h1-7H,(H,15,17). The van der Waals surface area contributed by atoms with Crippen LogP contribution in [0.1, 0.15) is 10.4 Å². The van der Waals surface area contributed by atoms with Crippen LogP contribution in [0.5, 0.6) is 0 Å². The quantitative estimate of drug-likeness (QED) is 0.679. The van der Waals surface area contributed by atoms with Gasteiger partial charge in [-0.05, 0) is 12.1 Å². The number of nitro benzene ring substituents is 1. The molecular formula is C12H8FN3O3. The average Bonchev–Trinajstić information content (AvgIpc) is 2.39. The lowest BCUT2D eigenvalue weighted by atomic mass is 10.2. The summed E-state index contributed by atoms with van der Waals surface area (Å²) in [5, 5.41) is 13.1. The molecule has 1 aromatic carbocycles. The topological polar surface area (TPSA) is 85.1 Å². The van der Waals surface area contributed by atoms with Crippen LogP contribution in [0.4, 0.5) is 15.8 Å². The van der Waals surface area contributed by atoms with Crippen LogP contribution in [0.2, 0.25) is 0 Å². The summed E-state index contributed by atoms with van der Waals surface area (Å²) in [4.78, 5) is 25.5. The molecule has 19 heavy (non-hydrogen) atoms. The first-order valence-corrected chi connectivity index (χ1v) is 5.24. The smallest absolute Gasteiger partial charge is 0.292 e. The van der Waals surface area contributed by atoms with E-state index in [9.17, 15) is 19.3 Å². The fourth-order valence-electron chi connectivity index (χ4n) is 1.49. The maximum absolute atomic E-state index is 13.3. The van der Waals surface area contributed by atoms with E-state index in [1.54, 1.807) is 0 Å². The van der Waals surface area contributed by atoms with E-state index in [0.29, 0.717) is 0 Å². The summed E-state index contributed by atoms with van der Waals surface area (Å²) in [6.07, 6.45) is 2.16. The minimum atomic E-state index is -0.793. The van der Waals surface area contributed by atoms with Crippen molar-refractivity contribution in [2.45, 2.75) is 0 Å². The van der Waals surface area contributed by atoms with Crippen molar-refractivity contribution >= 4 is 17.3 Å². The van der Waals surface area contributed by atoms with Gasteiger partial charge in [0.15, 0.2) is 5.82 Å². The van der Waals surface area contributed by atoms with Gasteiger partial charge in [0, 0.05) is 12.3 Å². The van der Waals surface area contributed by atoms with E-state index >= 15 is 0 Å². The molecule has 0 saturated carbocycles. The number of carbonyl (C=O) groups excluding carboxylic acids is 1. The van der Waals surface area contributed by atoms with Crippen molar-refractivity contribution in [2.24, 2.45) is 0 Å². The Kier molecular flexibility index (Phi) is 3.46. The van der Waals surface area contributed by atoms with Gasteiger partial charge in [0.05, 0.1) is 16.7 Å². The molecule has 0 radical (unpaired) electrons. The van der Waals surface area contributed by atoms with Crippen molar-refractivity contribution < 1.29 is 14.1 Å². The third kappa shape index (κ3) is 2.71. The zero-order chi connectivity index (χ0) is 13.8. The molecule has 0 atom stereocenters. The number of nitrogens with one attached hydrogen (secondary N) is 1. The fraction of sp³-hybridized carbons (Fsp3) is 0. The van der Waals surface area contributed by atoms with E-state index in [0.717, 1.165) is 6.20 Å². The summed E-state index contributed by atoms with van der Waals surface area (Å²) in [6, 6.07) is 6.82. The van der Waals surface area contributed by atoms with Gasteiger partial charge in [-0.15, -0.1) is 0 Å². The van der Waals surface area contributed by atoms with E-state index in [1.807, 2.05) is 0 Å². The molecule has 7 heteroatoms. The maximum Gasteiger partial charge on any atom is 0.292 e. The van der Waals surface area contributed by atoms with Gasteiger partial charge in [-0.1, -0.05) is 12.1 Å². The first-order chi connectivity index (χ1) is 9.09. The van der Waals surface area contributed by atoms with Crippen molar-refractivity contribution in [3.63, 3.8) is 0 Å². The summed E-state index contributed by atoms with van der Waals surface area (Å²) in [6.45, 7) is 0. The minimum Gasteiger partial charge on any atom is -0.316 e. The van der Waals surface area contributed by atoms with Crippen LogP contribution < -0.4 is 5.32 Å². The highest BCUT2D eigenvalue weighted by Gasteiger charge is 2.17. The number of para-hydroxylation sites is 2. The number of hydrogen-bond acceptors (Lipinski definition) is 4. The molecule has 1 heterocycles. The molecule has 2 rings (SSSR count). The number of carbonyl (C=O) groups is 1. The second-order valence-electron chi connectivity index (χ2n) is 3.58. The average molecular weight is 261 g/mol. The molecule has 1 N–H and O–H groups in total. The second-order valence-corrected chi connectivity index (χ2v) is 3.58. The van der Waals surface area contributed by atoms with Gasteiger partial charge in [-0.25, -0.2) is 4.39 Å². The predicted octanol–water partition coefficient (Wildman–Crippen LogP) is 2.38. The van der Waals surface area contributed by atoms with E-state index in [4.69, 9.17) is 0 Å². The van der Waals surface area contributed by atoms with Crippen LogP contribution in [0.25, 0.3) is 0 Å². The van der Waals surface area contributed by atoms with E-state index < -0.39 is 16.6 Å². The normalized spacial score (nSPS) is 9.95. The number of amides is 1. The molecule has 2 aromatic rings. The van der Waals surface area contributed by atoms with Gasteiger partial charge in [-0.3, -0.25) is 19.9 Å². The van der Waals surface area contributed by atoms with Crippen molar-refractivity contribution in [1.82, 2.24) is 4.98 Å². The highest BCUT2D eigenvalue weighted by atomic mass is 19.1. The Morgan fingerprint density at radius 1 is 1.32 bits per heavy atom. The van der Waals surface area contributed by atoms with E-state index in [1.165, 1.54) is 36.5 Å². The Hall–Kier alpha value is -2.83. The molecule has 0 aliphatic heterocycles. The van der Waals surface area contributed by atoms with Crippen molar-refractivity contribution in [3.05, 3.63) is 64.2 Å². The van der Waals surface area contributed by atoms with E-state index in [2.05, 4.69) is 10.3 Å². The summed E-state index contributed by atoms with van der Waals surface area (Å²) >= 11 is 0. The molecule has 0 aliphatic carbocycles. The molecule has 0 unspecified atom stereocenters. The number of halogens is 1. The molecule has 0 fully saturated rings. The number of nitro groups is 1. The van der Waals surface area contributed by atoms with Crippen LogP contribution in [0.15, 0.2) is 42.7 Å². The first-order valence-electron chi connectivity index (χ1n) is 5.24. The summed E-state index contributed by atoms with van der Waals surface area (Å²) in [5.74, 6) is -1.56. The van der Waals surface area contributed by atoms with E-state index in [-0.39, 0.29) is 16.9 Å². The minimum absolute atomic E-state index is 0.00807. The summed E-state index contributed by atoms with van der Waals surface area (Å²) in [5.41, 5.74) is -0.479. The third-order valence-corrected chi connectivity index (χ3v) is 2.37. The monoisotopic (exact) mass is 261 g/mol. The Bertz CT molecular complexity index is 646. The SMILES string of the molecule is O=C(Nc1ccccc1[N+](=O)[O-])c1ccncc1F. The zero-order valence-corrected chi connectivity index (χ0v) is 9.54. The van der Waals surface area contributed by atoms with Crippen molar-refractivity contribution in [1.29, 1.82) is 0 Å². The molecule has 6 nitrogen and oxygen atoms in total. The van der Waals surface area contributed by atoms with Crippen molar-refractivity contribution in [2.75, 3.05) is 5.32 Å². The summed E-state index contributed by atoms with van der Waals surface area (Å²) < 4.78 is 13.3. The van der Waals surface area contributed by atoms with Crippen LogP contribution in [0.3, 0.4) is 0 Å². The summed E-state index contributed by atoms with van der Waals surface area (Å²) in [7, 11) is 0. The number of rotatable bonds is 3. The highest BCUT2D eigenvalue weighted by Crippen LogP contribution is 2.23. The maximum atomic E-state index is 13.3. The molecule has 0 aliphatic rings. The van der Waals surface area contributed by atoms with Gasteiger partial charge in [0.1, 0.15) is 5.69 Å². The number of hydrogen-bond donors (Lipinski definition) is 1. The fourth-order valence-corrected chi connectivity index (χ4v) is 1.49. The Morgan fingerprint density at radius 3 is 2.74 bits per heavy atom.